The van der Waals surface area contributed by atoms with Crippen molar-refractivity contribution in [3.63, 3.8) is 0 Å². The van der Waals surface area contributed by atoms with Crippen LogP contribution >= 0.6 is 0 Å². The van der Waals surface area contributed by atoms with Gasteiger partial charge in [0.2, 0.25) is 0 Å². The molecule has 2 rings (SSSR count). The zero-order valence-corrected chi connectivity index (χ0v) is 8.33. The maximum atomic E-state index is 4.33. The van der Waals surface area contributed by atoms with Gasteiger partial charge in [0.05, 0.1) is 0 Å². The van der Waals surface area contributed by atoms with Crippen LogP contribution in [-0.4, -0.2) is 11.2 Å². The first-order valence-electron chi connectivity index (χ1n) is 4.59. The van der Waals surface area contributed by atoms with Gasteiger partial charge in [-0.2, -0.15) is 0 Å². The molecule has 1 aromatic heterocycles. The van der Waals surface area contributed by atoms with E-state index in [2.05, 4.69) is 36.8 Å². The third kappa shape index (κ3) is 1.48. The van der Waals surface area contributed by atoms with E-state index in [0.29, 0.717) is 0 Å². The fourth-order valence-electron chi connectivity index (χ4n) is 1.41. The van der Waals surface area contributed by atoms with E-state index >= 15 is 0 Å². The Hall–Kier alpha value is -1.18. The molecule has 1 aliphatic heterocycles. The maximum Gasteiger partial charge on any atom is 0.155 e. The highest BCUT2D eigenvalue weighted by atomic mass is 14.9. The molecule has 13 heavy (non-hydrogen) atoms. The molecule has 0 fully saturated rings. The lowest BCUT2D eigenvalue weighted by Gasteiger charge is -2.18. The molecule has 2 nitrogen and oxygen atoms in total. The summed E-state index contributed by atoms with van der Waals surface area (Å²) >= 11 is 0. The Morgan fingerprint density at radius 3 is 2.77 bits per heavy atom. The van der Waals surface area contributed by atoms with E-state index in [1.807, 2.05) is 12.4 Å². The quantitative estimate of drug-likeness (QED) is 0.593. The Kier molecular flexibility index (Phi) is 1.72. The molecular formula is C11H14N2. The lowest BCUT2D eigenvalue weighted by atomic mass is 9.87. The largest absolute Gasteiger partial charge is 0.241 e. The normalized spacial score (nSPS) is 14.7. The summed E-state index contributed by atoms with van der Waals surface area (Å²) in [5.41, 5.74) is 2.73. The summed E-state index contributed by atoms with van der Waals surface area (Å²) in [6.45, 7) is 6.60. The van der Waals surface area contributed by atoms with Crippen molar-refractivity contribution >= 4 is 12.0 Å². The summed E-state index contributed by atoms with van der Waals surface area (Å²) in [6.07, 6.45) is 4.79. The van der Waals surface area contributed by atoms with Gasteiger partial charge in [-0.05, 0) is 17.0 Å². The Labute approximate surface area is 78.7 Å². The standard InChI is InChI=1S/C11H14N2/c1-11(2,3)9-6-8-4-5-12-10(8)13-7-9/h5-7H,4H2,1-3H3. The molecule has 0 spiro atoms. The molecule has 1 aromatic rings. The molecule has 0 atom stereocenters. The highest BCUT2D eigenvalue weighted by Crippen LogP contribution is 2.27. The van der Waals surface area contributed by atoms with Gasteiger partial charge in [-0.15, -0.1) is 0 Å². The molecular weight excluding hydrogens is 160 g/mol. The molecule has 0 saturated carbocycles. The molecule has 0 aromatic carbocycles. The van der Waals surface area contributed by atoms with Gasteiger partial charge >= 0.3 is 0 Å². The van der Waals surface area contributed by atoms with Gasteiger partial charge in [0.15, 0.2) is 5.82 Å². The molecule has 1 aliphatic rings. The minimum atomic E-state index is 0.185. The average molecular weight is 174 g/mol. The Bertz CT molecular complexity index is 359. The van der Waals surface area contributed by atoms with E-state index < -0.39 is 0 Å². The maximum absolute atomic E-state index is 4.33. The van der Waals surface area contributed by atoms with Crippen molar-refractivity contribution in [1.82, 2.24) is 4.98 Å². The summed E-state index contributed by atoms with van der Waals surface area (Å²) in [6, 6.07) is 2.22. The molecule has 0 bridgehead atoms. The van der Waals surface area contributed by atoms with Crippen LogP contribution in [-0.2, 0) is 11.8 Å². The van der Waals surface area contributed by atoms with Crippen molar-refractivity contribution in [2.24, 2.45) is 4.99 Å². The topological polar surface area (TPSA) is 25.2 Å². The van der Waals surface area contributed by atoms with E-state index in [9.17, 15) is 0 Å². The van der Waals surface area contributed by atoms with Crippen molar-refractivity contribution in [1.29, 1.82) is 0 Å². The smallest absolute Gasteiger partial charge is 0.155 e. The summed E-state index contributed by atoms with van der Waals surface area (Å²) in [7, 11) is 0. The third-order valence-corrected chi connectivity index (χ3v) is 2.33. The highest BCUT2D eigenvalue weighted by molar-refractivity contribution is 5.73. The van der Waals surface area contributed by atoms with Gasteiger partial charge in [-0.25, -0.2) is 9.98 Å². The zero-order chi connectivity index (χ0) is 9.47. The third-order valence-electron chi connectivity index (χ3n) is 2.33. The number of hydrogen-bond donors (Lipinski definition) is 0. The van der Waals surface area contributed by atoms with E-state index in [-0.39, 0.29) is 5.41 Å². The first-order chi connectivity index (χ1) is 6.07. The van der Waals surface area contributed by atoms with Gasteiger partial charge in [0.25, 0.3) is 0 Å². The minimum absolute atomic E-state index is 0.185. The average Bonchev–Trinajstić information content (AvgIpc) is 2.47. The molecule has 68 valence electrons. The second-order valence-corrected chi connectivity index (χ2v) is 4.47. The fourth-order valence-corrected chi connectivity index (χ4v) is 1.41. The Morgan fingerprint density at radius 1 is 1.31 bits per heavy atom. The van der Waals surface area contributed by atoms with Gasteiger partial charge in [-0.3, -0.25) is 0 Å². The van der Waals surface area contributed by atoms with Gasteiger partial charge in [0, 0.05) is 24.4 Å². The predicted molar refractivity (Wildman–Crippen MR) is 54.8 cm³/mol. The number of fused-ring (bicyclic) bond motifs is 1. The van der Waals surface area contributed by atoms with Crippen LogP contribution in [0.25, 0.3) is 0 Å². The SMILES string of the molecule is CC(C)(C)c1cnc2c(c1)CC=N2. The molecule has 0 N–H and O–H groups in total. The first kappa shape index (κ1) is 8.42. The van der Waals surface area contributed by atoms with Crippen LogP contribution in [0.3, 0.4) is 0 Å². The number of aliphatic imine (C=N–C) groups is 1. The van der Waals surface area contributed by atoms with Crippen LogP contribution < -0.4 is 0 Å². The Morgan fingerprint density at radius 2 is 2.08 bits per heavy atom. The van der Waals surface area contributed by atoms with Gasteiger partial charge < -0.3 is 0 Å². The van der Waals surface area contributed by atoms with Crippen LogP contribution in [0.2, 0.25) is 0 Å². The summed E-state index contributed by atoms with van der Waals surface area (Å²) in [4.78, 5) is 8.51. The fraction of sp³-hybridized carbons (Fsp3) is 0.455. The highest BCUT2D eigenvalue weighted by Gasteiger charge is 2.17. The number of nitrogens with zero attached hydrogens (tertiary/aromatic N) is 2. The van der Waals surface area contributed by atoms with Crippen molar-refractivity contribution < 1.29 is 0 Å². The van der Waals surface area contributed by atoms with Crippen LogP contribution in [0.1, 0.15) is 31.9 Å². The van der Waals surface area contributed by atoms with E-state index in [1.54, 1.807) is 0 Å². The lowest BCUT2D eigenvalue weighted by Crippen LogP contribution is -2.11. The van der Waals surface area contributed by atoms with Crippen molar-refractivity contribution in [3.05, 3.63) is 23.4 Å². The second kappa shape index (κ2) is 2.66. The summed E-state index contributed by atoms with van der Waals surface area (Å²) < 4.78 is 0. The molecule has 0 saturated heterocycles. The monoisotopic (exact) mass is 174 g/mol. The molecule has 0 radical (unpaired) electrons. The number of rotatable bonds is 0. The van der Waals surface area contributed by atoms with Crippen LogP contribution in [0, 0.1) is 0 Å². The number of hydrogen-bond acceptors (Lipinski definition) is 2. The minimum Gasteiger partial charge on any atom is -0.241 e. The van der Waals surface area contributed by atoms with E-state index in [0.717, 1.165) is 12.2 Å². The van der Waals surface area contributed by atoms with Crippen molar-refractivity contribution in [2.45, 2.75) is 32.6 Å². The molecule has 2 heterocycles. The predicted octanol–water partition coefficient (Wildman–Crippen LogP) is 2.64. The lowest BCUT2D eigenvalue weighted by molar-refractivity contribution is 0.587. The van der Waals surface area contributed by atoms with Crippen LogP contribution in [0.5, 0.6) is 0 Å². The molecule has 0 amide bonds. The summed E-state index contributed by atoms with van der Waals surface area (Å²) in [5, 5.41) is 0. The van der Waals surface area contributed by atoms with Crippen molar-refractivity contribution in [2.75, 3.05) is 0 Å². The second-order valence-electron chi connectivity index (χ2n) is 4.47. The van der Waals surface area contributed by atoms with Crippen molar-refractivity contribution in [3.8, 4) is 0 Å². The van der Waals surface area contributed by atoms with Gasteiger partial charge in [-0.1, -0.05) is 20.8 Å². The molecule has 2 heteroatoms. The number of aromatic nitrogens is 1. The molecule has 0 unspecified atom stereocenters. The molecule has 0 aliphatic carbocycles. The summed E-state index contributed by atoms with van der Waals surface area (Å²) in [5.74, 6) is 0.896. The van der Waals surface area contributed by atoms with Crippen LogP contribution in [0.4, 0.5) is 5.82 Å². The van der Waals surface area contributed by atoms with Crippen LogP contribution in [0.15, 0.2) is 17.3 Å². The Balaban J connectivity index is 2.45. The first-order valence-corrected chi connectivity index (χ1v) is 4.59. The van der Waals surface area contributed by atoms with E-state index in [4.69, 9.17) is 0 Å². The zero-order valence-electron chi connectivity index (χ0n) is 8.33. The van der Waals surface area contributed by atoms with E-state index in [1.165, 1.54) is 11.1 Å². The van der Waals surface area contributed by atoms with Gasteiger partial charge in [0.1, 0.15) is 0 Å². The number of pyridine rings is 1.